The van der Waals surface area contributed by atoms with Gasteiger partial charge in [-0.1, -0.05) is 36.2 Å². The number of halogens is 1. The molecule has 0 atom stereocenters. The molecule has 1 heterocycles. The summed E-state index contributed by atoms with van der Waals surface area (Å²) >= 11 is 6.18. The maximum absolute atomic E-state index is 12.5. The highest BCUT2D eigenvalue weighted by Crippen LogP contribution is 2.30. The van der Waals surface area contributed by atoms with Crippen LogP contribution in [0.5, 0.6) is 5.75 Å². The van der Waals surface area contributed by atoms with Crippen LogP contribution in [-0.2, 0) is 4.79 Å². The summed E-state index contributed by atoms with van der Waals surface area (Å²) in [6.07, 6.45) is 0. The third-order valence-electron chi connectivity index (χ3n) is 5.08. The Morgan fingerprint density at radius 2 is 1.86 bits per heavy atom. The van der Waals surface area contributed by atoms with Crippen molar-refractivity contribution in [3.05, 3.63) is 52.5 Å². The molecule has 1 amide bonds. The summed E-state index contributed by atoms with van der Waals surface area (Å²) in [5.74, 6) is 0.526. The summed E-state index contributed by atoms with van der Waals surface area (Å²) in [5.41, 5.74) is 3.91. The van der Waals surface area contributed by atoms with Crippen LogP contribution in [0.1, 0.15) is 18.1 Å². The van der Waals surface area contributed by atoms with E-state index < -0.39 is 0 Å². The summed E-state index contributed by atoms with van der Waals surface area (Å²) in [4.78, 5) is 17.2. The quantitative estimate of drug-likeness (QED) is 0.790. The Labute approximate surface area is 172 Å². The van der Waals surface area contributed by atoms with Crippen molar-refractivity contribution in [2.45, 2.75) is 20.8 Å². The molecule has 0 saturated carbocycles. The molecule has 0 aliphatic carbocycles. The van der Waals surface area contributed by atoms with E-state index in [1.807, 2.05) is 44.2 Å². The van der Waals surface area contributed by atoms with Crippen LogP contribution < -0.4 is 15.0 Å². The second-order valence-corrected chi connectivity index (χ2v) is 7.63. The molecule has 5 nitrogen and oxygen atoms in total. The molecular formula is C22H28ClN3O2. The molecule has 0 unspecified atom stereocenters. The molecular weight excluding hydrogens is 374 g/mol. The number of benzene rings is 2. The topological polar surface area (TPSA) is 44.8 Å². The second-order valence-electron chi connectivity index (χ2n) is 7.19. The van der Waals surface area contributed by atoms with Crippen LogP contribution in [0.25, 0.3) is 0 Å². The van der Waals surface area contributed by atoms with Crippen molar-refractivity contribution in [3.8, 4) is 5.75 Å². The lowest BCUT2D eigenvalue weighted by Gasteiger charge is -2.36. The number of hydrogen-bond acceptors (Lipinski definition) is 4. The number of rotatable bonds is 6. The van der Waals surface area contributed by atoms with E-state index >= 15 is 0 Å². The Balaban J connectivity index is 1.66. The van der Waals surface area contributed by atoms with E-state index in [0.29, 0.717) is 5.02 Å². The van der Waals surface area contributed by atoms with Gasteiger partial charge in [-0.15, -0.1) is 0 Å². The molecule has 6 heteroatoms. The number of likely N-dealkylation sites (N-methyl/N-ethyl adjacent to an activating group) is 1. The summed E-state index contributed by atoms with van der Waals surface area (Å²) in [7, 11) is 0. The van der Waals surface area contributed by atoms with Gasteiger partial charge in [-0.25, -0.2) is 0 Å². The molecule has 3 rings (SSSR count). The Morgan fingerprint density at radius 1 is 1.11 bits per heavy atom. The lowest BCUT2D eigenvalue weighted by atomic mass is 10.1. The Bertz CT molecular complexity index is 833. The molecule has 1 saturated heterocycles. The van der Waals surface area contributed by atoms with E-state index in [1.165, 1.54) is 5.56 Å². The zero-order chi connectivity index (χ0) is 20.1. The first-order chi connectivity index (χ1) is 13.5. The van der Waals surface area contributed by atoms with E-state index in [2.05, 4.69) is 22.0 Å². The summed E-state index contributed by atoms with van der Waals surface area (Å²) in [6, 6.07) is 11.6. The monoisotopic (exact) mass is 401 g/mol. The van der Waals surface area contributed by atoms with Crippen LogP contribution >= 0.6 is 11.6 Å². The van der Waals surface area contributed by atoms with Crippen LogP contribution in [0.15, 0.2) is 36.4 Å². The summed E-state index contributed by atoms with van der Waals surface area (Å²) in [5, 5.41) is 3.57. The first-order valence-corrected chi connectivity index (χ1v) is 10.1. The van der Waals surface area contributed by atoms with Gasteiger partial charge in [0.1, 0.15) is 5.75 Å². The smallest absolute Gasteiger partial charge is 0.262 e. The minimum atomic E-state index is -0.198. The van der Waals surface area contributed by atoms with Crippen molar-refractivity contribution in [2.75, 3.05) is 49.5 Å². The second kappa shape index (κ2) is 9.30. The minimum Gasteiger partial charge on any atom is -0.483 e. The van der Waals surface area contributed by atoms with Gasteiger partial charge in [0, 0.05) is 31.2 Å². The number of ether oxygens (including phenoxy) is 1. The average molecular weight is 402 g/mol. The molecule has 2 aromatic rings. The highest BCUT2D eigenvalue weighted by Gasteiger charge is 2.19. The number of anilines is 2. The van der Waals surface area contributed by atoms with Crippen LogP contribution in [-0.4, -0.2) is 50.1 Å². The number of carbonyl (C=O) groups is 1. The SMILES string of the molecule is CCN1CCN(c2ccc(Cl)cc2NC(=O)COc2ccc(C)cc2C)CC1. The lowest BCUT2D eigenvalue weighted by molar-refractivity contribution is -0.118. The maximum Gasteiger partial charge on any atom is 0.262 e. The number of carbonyl (C=O) groups excluding carboxylic acids is 1. The van der Waals surface area contributed by atoms with Gasteiger partial charge in [0.15, 0.2) is 6.61 Å². The van der Waals surface area contributed by atoms with Crippen molar-refractivity contribution in [3.63, 3.8) is 0 Å². The number of hydrogen-bond donors (Lipinski definition) is 1. The molecule has 0 bridgehead atoms. The van der Waals surface area contributed by atoms with E-state index in [4.69, 9.17) is 16.3 Å². The predicted octanol–water partition coefficient (Wildman–Crippen LogP) is 4.12. The fourth-order valence-electron chi connectivity index (χ4n) is 3.48. The van der Waals surface area contributed by atoms with Crippen LogP contribution in [0.4, 0.5) is 11.4 Å². The lowest BCUT2D eigenvalue weighted by Crippen LogP contribution is -2.46. The average Bonchev–Trinajstić information content (AvgIpc) is 2.67. The van der Waals surface area contributed by atoms with Gasteiger partial charge in [0.05, 0.1) is 11.4 Å². The van der Waals surface area contributed by atoms with Crippen LogP contribution in [0.3, 0.4) is 0 Å². The van der Waals surface area contributed by atoms with Gasteiger partial charge in [-0.3, -0.25) is 4.79 Å². The van der Waals surface area contributed by atoms with Crippen molar-refractivity contribution in [2.24, 2.45) is 0 Å². The molecule has 0 spiro atoms. The molecule has 0 aromatic heterocycles. The van der Waals surface area contributed by atoms with Gasteiger partial charge in [-0.05, 0) is 50.2 Å². The molecule has 1 N–H and O–H groups in total. The molecule has 1 aliphatic rings. The number of nitrogens with one attached hydrogen (secondary N) is 1. The summed E-state index contributed by atoms with van der Waals surface area (Å²) in [6.45, 7) is 11.1. The van der Waals surface area contributed by atoms with Gasteiger partial charge in [0.2, 0.25) is 0 Å². The van der Waals surface area contributed by atoms with Gasteiger partial charge < -0.3 is 19.9 Å². The Hall–Kier alpha value is -2.24. The van der Waals surface area contributed by atoms with Gasteiger partial charge in [-0.2, -0.15) is 0 Å². The van der Waals surface area contributed by atoms with Crippen LogP contribution in [0.2, 0.25) is 5.02 Å². The first kappa shape index (κ1) is 20.5. The van der Waals surface area contributed by atoms with E-state index in [0.717, 1.165) is 55.4 Å². The fourth-order valence-corrected chi connectivity index (χ4v) is 3.65. The van der Waals surface area contributed by atoms with Crippen molar-refractivity contribution in [1.82, 2.24) is 4.90 Å². The molecule has 28 heavy (non-hydrogen) atoms. The fraction of sp³-hybridized carbons (Fsp3) is 0.409. The minimum absolute atomic E-state index is 0.0422. The van der Waals surface area contributed by atoms with Crippen molar-refractivity contribution in [1.29, 1.82) is 0 Å². The standard InChI is InChI=1S/C22H28ClN3O2/c1-4-25-9-11-26(12-10-25)20-7-6-18(23)14-19(20)24-22(27)15-28-21-8-5-16(2)13-17(21)3/h5-8,13-14H,4,9-12,15H2,1-3H3,(H,24,27). The van der Waals surface area contributed by atoms with E-state index in [1.54, 1.807) is 6.07 Å². The number of nitrogens with zero attached hydrogens (tertiary/aromatic N) is 2. The van der Waals surface area contributed by atoms with Crippen molar-refractivity contribution >= 4 is 28.9 Å². The number of amides is 1. The molecule has 0 radical (unpaired) electrons. The largest absolute Gasteiger partial charge is 0.483 e. The van der Waals surface area contributed by atoms with Crippen molar-refractivity contribution < 1.29 is 9.53 Å². The third-order valence-corrected chi connectivity index (χ3v) is 5.32. The van der Waals surface area contributed by atoms with Crippen LogP contribution in [0, 0.1) is 13.8 Å². The first-order valence-electron chi connectivity index (χ1n) is 9.73. The van der Waals surface area contributed by atoms with Gasteiger partial charge in [0.25, 0.3) is 5.91 Å². The molecule has 1 fully saturated rings. The molecule has 1 aliphatic heterocycles. The zero-order valence-corrected chi connectivity index (χ0v) is 17.6. The van der Waals surface area contributed by atoms with E-state index in [-0.39, 0.29) is 12.5 Å². The maximum atomic E-state index is 12.5. The number of piperazine rings is 1. The Morgan fingerprint density at radius 3 is 2.54 bits per heavy atom. The molecule has 2 aromatic carbocycles. The predicted molar refractivity (Wildman–Crippen MR) is 116 cm³/mol. The zero-order valence-electron chi connectivity index (χ0n) is 16.8. The molecule has 150 valence electrons. The van der Waals surface area contributed by atoms with Gasteiger partial charge >= 0.3 is 0 Å². The number of aryl methyl sites for hydroxylation is 2. The highest BCUT2D eigenvalue weighted by atomic mass is 35.5. The normalized spacial score (nSPS) is 14.8. The third kappa shape index (κ3) is 5.18. The Kier molecular flexibility index (Phi) is 6.81. The highest BCUT2D eigenvalue weighted by molar-refractivity contribution is 6.31. The summed E-state index contributed by atoms with van der Waals surface area (Å²) < 4.78 is 5.70. The van der Waals surface area contributed by atoms with E-state index in [9.17, 15) is 4.79 Å².